The number of hydrogen-bond acceptors (Lipinski definition) is 3. The van der Waals surface area contributed by atoms with Crippen molar-refractivity contribution >= 4 is 11.8 Å². The van der Waals surface area contributed by atoms with Gasteiger partial charge >= 0.3 is 0 Å². The number of rotatable bonds is 9. The molecule has 0 heterocycles. The lowest BCUT2D eigenvalue weighted by molar-refractivity contribution is -0.127. The van der Waals surface area contributed by atoms with Crippen molar-refractivity contribution in [3.8, 4) is 5.75 Å². The minimum absolute atomic E-state index is 0.00191. The summed E-state index contributed by atoms with van der Waals surface area (Å²) in [4.78, 5) is 24.0. The summed E-state index contributed by atoms with van der Waals surface area (Å²) in [5.41, 5.74) is 1.22. The van der Waals surface area contributed by atoms with Gasteiger partial charge < -0.3 is 15.4 Å². The lowest BCUT2D eigenvalue weighted by Gasteiger charge is -2.21. The van der Waals surface area contributed by atoms with Crippen LogP contribution < -0.4 is 15.4 Å². The molecule has 144 valence electrons. The number of ether oxygens (including phenoxy) is 1. The van der Waals surface area contributed by atoms with Gasteiger partial charge in [0.2, 0.25) is 11.8 Å². The van der Waals surface area contributed by atoms with E-state index in [0.29, 0.717) is 12.3 Å². The number of benzene rings is 1. The third-order valence-electron chi connectivity index (χ3n) is 5.08. The molecule has 26 heavy (non-hydrogen) atoms. The van der Waals surface area contributed by atoms with Crippen LogP contribution in [0, 0.1) is 5.92 Å². The number of amides is 2. The van der Waals surface area contributed by atoms with Crippen LogP contribution in [0.5, 0.6) is 5.75 Å². The smallest absolute Gasteiger partial charge is 0.239 e. The maximum absolute atomic E-state index is 12.0. The van der Waals surface area contributed by atoms with Crippen molar-refractivity contribution in [3.05, 3.63) is 29.8 Å². The molecule has 1 unspecified atom stereocenters. The Labute approximate surface area is 156 Å². The van der Waals surface area contributed by atoms with Gasteiger partial charge in [0.05, 0.1) is 13.7 Å². The van der Waals surface area contributed by atoms with Crippen molar-refractivity contribution in [2.75, 3.05) is 13.7 Å². The van der Waals surface area contributed by atoms with Crippen LogP contribution in [0.1, 0.15) is 57.4 Å². The number of methoxy groups -OCH3 is 1. The van der Waals surface area contributed by atoms with Gasteiger partial charge in [0, 0.05) is 12.5 Å². The van der Waals surface area contributed by atoms with E-state index < -0.39 is 0 Å². The van der Waals surface area contributed by atoms with Crippen molar-refractivity contribution in [3.63, 3.8) is 0 Å². The predicted octanol–water partition coefficient (Wildman–Crippen LogP) is 3.22. The zero-order valence-electron chi connectivity index (χ0n) is 16.1. The van der Waals surface area contributed by atoms with Crippen molar-refractivity contribution in [2.24, 2.45) is 5.92 Å². The normalized spacial score (nSPS) is 15.9. The standard InChI is InChI=1S/C21H32N2O3/c1-16(8-9-17-10-12-19(26-2)13-11-17)23-21(25)15-22-20(24)14-18-6-4-3-5-7-18/h10-13,16,18H,3-9,14-15H2,1-2H3,(H,22,24)(H,23,25). The first kappa shape index (κ1) is 20.3. The van der Waals surface area contributed by atoms with Crippen LogP contribution in [-0.4, -0.2) is 31.5 Å². The Hall–Kier alpha value is -2.04. The molecule has 0 aliphatic heterocycles. The lowest BCUT2D eigenvalue weighted by atomic mass is 9.87. The first-order valence-electron chi connectivity index (χ1n) is 9.76. The molecule has 0 aromatic heterocycles. The summed E-state index contributed by atoms with van der Waals surface area (Å²) >= 11 is 0. The van der Waals surface area contributed by atoms with Crippen molar-refractivity contribution in [1.82, 2.24) is 10.6 Å². The quantitative estimate of drug-likeness (QED) is 0.710. The molecule has 5 heteroatoms. The average Bonchev–Trinajstić information content (AvgIpc) is 2.66. The predicted molar refractivity (Wildman–Crippen MR) is 103 cm³/mol. The van der Waals surface area contributed by atoms with E-state index >= 15 is 0 Å². The van der Waals surface area contributed by atoms with Crippen molar-refractivity contribution < 1.29 is 14.3 Å². The number of carbonyl (C=O) groups excluding carboxylic acids is 2. The van der Waals surface area contributed by atoms with E-state index in [9.17, 15) is 9.59 Å². The van der Waals surface area contributed by atoms with E-state index in [1.165, 1.54) is 24.8 Å². The fraction of sp³-hybridized carbons (Fsp3) is 0.619. The van der Waals surface area contributed by atoms with Crippen LogP contribution in [0.3, 0.4) is 0 Å². The molecule has 1 aromatic rings. The molecular weight excluding hydrogens is 328 g/mol. The molecule has 1 aliphatic carbocycles. The van der Waals surface area contributed by atoms with E-state index in [1.807, 2.05) is 31.2 Å². The average molecular weight is 360 g/mol. The SMILES string of the molecule is COc1ccc(CCC(C)NC(=O)CNC(=O)CC2CCCCC2)cc1. The molecular formula is C21H32N2O3. The van der Waals surface area contributed by atoms with Gasteiger partial charge in [-0.05, 0) is 56.2 Å². The van der Waals surface area contributed by atoms with Crippen molar-refractivity contribution in [1.29, 1.82) is 0 Å². The summed E-state index contributed by atoms with van der Waals surface area (Å²) < 4.78 is 5.15. The molecule has 0 spiro atoms. The monoisotopic (exact) mass is 360 g/mol. The Bertz CT molecular complexity index is 565. The van der Waals surface area contributed by atoms with E-state index in [-0.39, 0.29) is 24.4 Å². The molecule has 5 nitrogen and oxygen atoms in total. The van der Waals surface area contributed by atoms with Gasteiger partial charge in [-0.2, -0.15) is 0 Å². The summed E-state index contributed by atoms with van der Waals surface area (Å²) in [6, 6.07) is 8.04. The molecule has 1 aromatic carbocycles. The Kier molecular flexibility index (Phi) is 8.45. The molecule has 2 rings (SSSR count). The minimum Gasteiger partial charge on any atom is -0.497 e. The van der Waals surface area contributed by atoms with Gasteiger partial charge in [-0.25, -0.2) is 0 Å². The number of carbonyl (C=O) groups is 2. The molecule has 1 fully saturated rings. The second kappa shape index (κ2) is 10.8. The summed E-state index contributed by atoms with van der Waals surface area (Å²) in [5, 5.41) is 5.71. The molecule has 0 bridgehead atoms. The topological polar surface area (TPSA) is 67.4 Å². The second-order valence-corrected chi connectivity index (χ2v) is 7.34. The van der Waals surface area contributed by atoms with Gasteiger partial charge in [-0.15, -0.1) is 0 Å². The van der Waals surface area contributed by atoms with Gasteiger partial charge in [-0.1, -0.05) is 31.4 Å². The zero-order valence-corrected chi connectivity index (χ0v) is 16.1. The molecule has 1 aliphatic rings. The van der Waals surface area contributed by atoms with Gasteiger partial charge in [0.1, 0.15) is 5.75 Å². The zero-order chi connectivity index (χ0) is 18.8. The Morgan fingerprint density at radius 3 is 2.46 bits per heavy atom. The largest absolute Gasteiger partial charge is 0.497 e. The fourth-order valence-corrected chi connectivity index (χ4v) is 3.48. The van der Waals surface area contributed by atoms with E-state index in [4.69, 9.17) is 4.74 Å². The third-order valence-corrected chi connectivity index (χ3v) is 5.08. The Morgan fingerprint density at radius 2 is 1.81 bits per heavy atom. The van der Waals surface area contributed by atoms with Gasteiger partial charge in [0.25, 0.3) is 0 Å². The van der Waals surface area contributed by atoms with Crippen LogP contribution in [0.2, 0.25) is 0 Å². The first-order chi connectivity index (χ1) is 12.6. The van der Waals surface area contributed by atoms with Gasteiger partial charge in [0.15, 0.2) is 0 Å². The molecule has 2 amide bonds. The molecule has 0 saturated heterocycles. The highest BCUT2D eigenvalue weighted by Crippen LogP contribution is 2.25. The summed E-state index contributed by atoms with van der Waals surface area (Å²) in [6.07, 6.45) is 8.32. The van der Waals surface area contributed by atoms with Crippen LogP contribution in [0.15, 0.2) is 24.3 Å². The number of hydrogen-bond donors (Lipinski definition) is 2. The lowest BCUT2D eigenvalue weighted by Crippen LogP contribution is -2.41. The highest BCUT2D eigenvalue weighted by Gasteiger charge is 2.17. The van der Waals surface area contributed by atoms with E-state index in [0.717, 1.165) is 31.4 Å². The van der Waals surface area contributed by atoms with Crippen molar-refractivity contribution in [2.45, 2.75) is 64.3 Å². The summed E-state index contributed by atoms with van der Waals surface area (Å²) in [5.74, 6) is 1.22. The van der Waals surface area contributed by atoms with E-state index in [2.05, 4.69) is 10.6 Å². The molecule has 0 radical (unpaired) electrons. The van der Waals surface area contributed by atoms with Crippen LogP contribution in [-0.2, 0) is 16.0 Å². The highest BCUT2D eigenvalue weighted by atomic mass is 16.5. The summed E-state index contributed by atoms with van der Waals surface area (Å²) in [7, 11) is 1.65. The third kappa shape index (κ3) is 7.46. The summed E-state index contributed by atoms with van der Waals surface area (Å²) in [6.45, 7) is 2.06. The first-order valence-corrected chi connectivity index (χ1v) is 9.76. The maximum Gasteiger partial charge on any atom is 0.239 e. The van der Waals surface area contributed by atoms with E-state index in [1.54, 1.807) is 7.11 Å². The Balaban J connectivity index is 1.60. The van der Waals surface area contributed by atoms with Crippen LogP contribution in [0.25, 0.3) is 0 Å². The fourth-order valence-electron chi connectivity index (χ4n) is 3.48. The van der Waals surface area contributed by atoms with Gasteiger partial charge in [-0.3, -0.25) is 9.59 Å². The molecule has 1 atom stereocenters. The van der Waals surface area contributed by atoms with Crippen LogP contribution in [0.4, 0.5) is 0 Å². The minimum atomic E-state index is -0.121. The highest BCUT2D eigenvalue weighted by molar-refractivity contribution is 5.84. The maximum atomic E-state index is 12.0. The second-order valence-electron chi connectivity index (χ2n) is 7.34. The van der Waals surface area contributed by atoms with Crippen LogP contribution >= 0.6 is 0 Å². The number of nitrogens with one attached hydrogen (secondary N) is 2. The number of aryl methyl sites for hydroxylation is 1. The molecule has 1 saturated carbocycles. The molecule has 2 N–H and O–H groups in total. The Morgan fingerprint density at radius 1 is 1.12 bits per heavy atom.